The van der Waals surface area contributed by atoms with Gasteiger partial charge >= 0.3 is 0 Å². The van der Waals surface area contributed by atoms with Gasteiger partial charge in [-0.05, 0) is 32.4 Å². The van der Waals surface area contributed by atoms with Gasteiger partial charge in [-0.2, -0.15) is 0 Å². The van der Waals surface area contributed by atoms with Gasteiger partial charge in [-0.1, -0.05) is 12.1 Å². The summed E-state index contributed by atoms with van der Waals surface area (Å²) in [6.45, 7) is 6.27. The highest BCUT2D eigenvalue weighted by molar-refractivity contribution is 5.79. The van der Waals surface area contributed by atoms with Crippen molar-refractivity contribution in [3.8, 4) is 0 Å². The minimum absolute atomic E-state index is 0.00220. The summed E-state index contributed by atoms with van der Waals surface area (Å²) in [4.78, 5) is 19.7. The van der Waals surface area contributed by atoms with E-state index in [0.717, 1.165) is 22.4 Å². The average molecular weight is 274 g/mol. The molecule has 0 spiro atoms. The summed E-state index contributed by atoms with van der Waals surface area (Å²) in [5, 5.41) is 2.92. The van der Waals surface area contributed by atoms with E-state index in [1.165, 1.54) is 0 Å². The van der Waals surface area contributed by atoms with Gasteiger partial charge in [0, 0.05) is 24.9 Å². The largest absolute Gasteiger partial charge is 0.350 e. The SMILES string of the molecule is Cc1cccc2[nH]c(CCC(=O)NC(C)(C)CN)nc12. The highest BCUT2D eigenvalue weighted by Gasteiger charge is 2.18. The van der Waals surface area contributed by atoms with E-state index in [9.17, 15) is 4.79 Å². The first-order valence-corrected chi connectivity index (χ1v) is 6.86. The zero-order valence-corrected chi connectivity index (χ0v) is 12.3. The maximum absolute atomic E-state index is 11.9. The highest BCUT2D eigenvalue weighted by Crippen LogP contribution is 2.16. The molecule has 0 radical (unpaired) electrons. The Morgan fingerprint density at radius 1 is 1.45 bits per heavy atom. The number of para-hydroxylation sites is 1. The van der Waals surface area contributed by atoms with Gasteiger partial charge < -0.3 is 16.0 Å². The van der Waals surface area contributed by atoms with Crippen molar-refractivity contribution in [2.75, 3.05) is 6.54 Å². The van der Waals surface area contributed by atoms with Crippen LogP contribution in [0.4, 0.5) is 0 Å². The van der Waals surface area contributed by atoms with Crippen LogP contribution in [0.5, 0.6) is 0 Å². The summed E-state index contributed by atoms with van der Waals surface area (Å²) in [7, 11) is 0. The normalized spacial score (nSPS) is 11.8. The molecule has 0 aliphatic rings. The molecule has 5 nitrogen and oxygen atoms in total. The zero-order valence-electron chi connectivity index (χ0n) is 12.3. The van der Waals surface area contributed by atoms with E-state index < -0.39 is 0 Å². The van der Waals surface area contributed by atoms with E-state index in [4.69, 9.17) is 5.73 Å². The highest BCUT2D eigenvalue weighted by atomic mass is 16.1. The third kappa shape index (κ3) is 3.36. The number of nitrogens with zero attached hydrogens (tertiary/aromatic N) is 1. The smallest absolute Gasteiger partial charge is 0.220 e. The van der Waals surface area contributed by atoms with Crippen LogP contribution in [0.3, 0.4) is 0 Å². The maximum Gasteiger partial charge on any atom is 0.220 e. The quantitative estimate of drug-likeness (QED) is 0.775. The Kier molecular flexibility index (Phi) is 4.09. The number of benzene rings is 1. The van der Waals surface area contributed by atoms with Crippen molar-refractivity contribution in [2.24, 2.45) is 5.73 Å². The molecule has 1 amide bonds. The van der Waals surface area contributed by atoms with Crippen molar-refractivity contribution in [3.63, 3.8) is 0 Å². The van der Waals surface area contributed by atoms with E-state index in [0.29, 0.717) is 19.4 Å². The van der Waals surface area contributed by atoms with E-state index in [1.54, 1.807) is 0 Å². The van der Waals surface area contributed by atoms with Gasteiger partial charge in [0.1, 0.15) is 5.82 Å². The Labute approximate surface area is 119 Å². The molecule has 2 rings (SSSR count). The van der Waals surface area contributed by atoms with E-state index in [2.05, 4.69) is 15.3 Å². The average Bonchev–Trinajstić information content (AvgIpc) is 2.80. The van der Waals surface area contributed by atoms with Gasteiger partial charge in [0.25, 0.3) is 0 Å². The molecule has 1 heterocycles. The van der Waals surface area contributed by atoms with Gasteiger partial charge in [0.05, 0.1) is 11.0 Å². The number of hydrogen-bond acceptors (Lipinski definition) is 3. The van der Waals surface area contributed by atoms with Crippen molar-refractivity contribution in [1.29, 1.82) is 0 Å². The van der Waals surface area contributed by atoms with Gasteiger partial charge in [0.2, 0.25) is 5.91 Å². The number of nitrogens with two attached hydrogens (primary N) is 1. The predicted molar refractivity (Wildman–Crippen MR) is 80.4 cm³/mol. The van der Waals surface area contributed by atoms with Gasteiger partial charge in [-0.25, -0.2) is 4.98 Å². The Morgan fingerprint density at radius 2 is 2.20 bits per heavy atom. The first-order valence-electron chi connectivity index (χ1n) is 6.86. The predicted octanol–water partition coefficient (Wildman–Crippen LogP) is 1.66. The standard InChI is InChI=1S/C15H22N4O/c1-10-5-4-6-11-14(10)18-12(17-11)7-8-13(20)19-15(2,3)9-16/h4-6H,7-9,16H2,1-3H3,(H,17,18)(H,19,20). The van der Waals surface area contributed by atoms with Gasteiger partial charge in [-0.15, -0.1) is 0 Å². The third-order valence-corrected chi connectivity index (χ3v) is 3.34. The second-order valence-electron chi connectivity index (χ2n) is 5.79. The lowest BCUT2D eigenvalue weighted by Gasteiger charge is -2.24. The number of fused-ring (bicyclic) bond motifs is 1. The van der Waals surface area contributed by atoms with Gasteiger partial charge in [-0.3, -0.25) is 4.79 Å². The molecule has 4 N–H and O–H groups in total. The monoisotopic (exact) mass is 274 g/mol. The second kappa shape index (κ2) is 5.63. The number of carbonyl (C=O) groups is 1. The summed E-state index contributed by atoms with van der Waals surface area (Å²) < 4.78 is 0. The third-order valence-electron chi connectivity index (χ3n) is 3.34. The zero-order chi connectivity index (χ0) is 14.8. The van der Waals surface area contributed by atoms with Crippen molar-refractivity contribution >= 4 is 16.9 Å². The molecule has 1 aromatic carbocycles. The van der Waals surface area contributed by atoms with E-state index in [-0.39, 0.29) is 11.4 Å². The number of nitrogens with one attached hydrogen (secondary N) is 2. The van der Waals surface area contributed by atoms with Crippen LogP contribution in [0.25, 0.3) is 11.0 Å². The lowest BCUT2D eigenvalue weighted by Crippen LogP contribution is -2.48. The number of hydrogen-bond donors (Lipinski definition) is 3. The van der Waals surface area contributed by atoms with Crippen LogP contribution in [0, 0.1) is 6.92 Å². The number of H-pyrrole nitrogens is 1. The van der Waals surface area contributed by atoms with Crippen molar-refractivity contribution in [2.45, 2.75) is 39.2 Å². The molecule has 1 aromatic heterocycles. The number of aryl methyl sites for hydroxylation is 2. The molecule has 5 heteroatoms. The molecule has 0 fully saturated rings. The fourth-order valence-electron chi connectivity index (χ4n) is 2.07. The van der Waals surface area contributed by atoms with Crippen LogP contribution < -0.4 is 11.1 Å². The summed E-state index contributed by atoms with van der Waals surface area (Å²) in [6, 6.07) is 6.02. The summed E-state index contributed by atoms with van der Waals surface area (Å²) in [5.41, 5.74) is 8.37. The van der Waals surface area contributed by atoms with Crippen LogP contribution in [0.15, 0.2) is 18.2 Å². The molecule has 0 saturated heterocycles. The minimum Gasteiger partial charge on any atom is -0.350 e. The number of imidazole rings is 1. The van der Waals surface area contributed by atoms with Crippen LogP contribution in [-0.2, 0) is 11.2 Å². The number of aromatic amines is 1. The summed E-state index contributed by atoms with van der Waals surface area (Å²) in [6.07, 6.45) is 1.00. The molecule has 0 unspecified atom stereocenters. The molecule has 2 aromatic rings. The molecule has 0 aliphatic carbocycles. The lowest BCUT2D eigenvalue weighted by atomic mass is 10.1. The molecule has 108 valence electrons. The Hall–Kier alpha value is -1.88. The molecular weight excluding hydrogens is 252 g/mol. The fraction of sp³-hybridized carbons (Fsp3) is 0.467. The topological polar surface area (TPSA) is 83.8 Å². The Balaban J connectivity index is 1.99. The molecule has 0 atom stereocenters. The maximum atomic E-state index is 11.9. The first kappa shape index (κ1) is 14.5. The molecular formula is C15H22N4O. The Morgan fingerprint density at radius 3 is 2.85 bits per heavy atom. The van der Waals surface area contributed by atoms with E-state index >= 15 is 0 Å². The lowest BCUT2D eigenvalue weighted by molar-refractivity contribution is -0.122. The summed E-state index contributed by atoms with van der Waals surface area (Å²) in [5.74, 6) is 0.840. The first-order chi connectivity index (χ1) is 9.41. The molecule has 20 heavy (non-hydrogen) atoms. The van der Waals surface area contributed by atoms with Crippen molar-refractivity contribution in [3.05, 3.63) is 29.6 Å². The number of amides is 1. The molecule has 0 aliphatic heterocycles. The minimum atomic E-state index is -0.360. The van der Waals surface area contributed by atoms with Crippen LogP contribution in [-0.4, -0.2) is 28.0 Å². The van der Waals surface area contributed by atoms with Crippen LogP contribution >= 0.6 is 0 Å². The number of rotatable bonds is 5. The van der Waals surface area contributed by atoms with Crippen LogP contribution in [0.1, 0.15) is 31.7 Å². The molecule has 0 bridgehead atoms. The Bertz CT molecular complexity index is 615. The van der Waals surface area contributed by atoms with Crippen LogP contribution in [0.2, 0.25) is 0 Å². The van der Waals surface area contributed by atoms with Gasteiger partial charge in [0.15, 0.2) is 0 Å². The number of aromatic nitrogens is 2. The fourth-order valence-corrected chi connectivity index (χ4v) is 2.07. The summed E-state index contributed by atoms with van der Waals surface area (Å²) >= 11 is 0. The van der Waals surface area contributed by atoms with Crippen molar-refractivity contribution < 1.29 is 4.79 Å². The van der Waals surface area contributed by atoms with E-state index in [1.807, 2.05) is 39.0 Å². The van der Waals surface area contributed by atoms with Crippen molar-refractivity contribution in [1.82, 2.24) is 15.3 Å². The second-order valence-corrected chi connectivity index (χ2v) is 5.79. The molecule has 0 saturated carbocycles. The number of carbonyl (C=O) groups excluding carboxylic acids is 1.